The van der Waals surface area contributed by atoms with Gasteiger partial charge in [-0.2, -0.15) is 0 Å². The maximum atomic E-state index is 9.43. The second-order valence-corrected chi connectivity index (χ2v) is 4.47. The molecule has 3 heteroatoms. The highest BCUT2D eigenvalue weighted by atomic mass is 16.3. The highest BCUT2D eigenvalue weighted by Crippen LogP contribution is 2.20. The van der Waals surface area contributed by atoms with E-state index in [1.165, 1.54) is 25.9 Å². The fourth-order valence-electron chi connectivity index (χ4n) is 2.46. The first-order valence-corrected chi connectivity index (χ1v) is 5.36. The Morgan fingerprint density at radius 2 is 1.77 bits per heavy atom. The van der Waals surface area contributed by atoms with Crippen LogP contribution in [-0.2, 0) is 0 Å². The molecule has 0 aromatic heterocycles. The van der Waals surface area contributed by atoms with Crippen LogP contribution in [0.3, 0.4) is 0 Å². The minimum atomic E-state index is -0.0559. The molecular formula is C10H20N2O. The minimum Gasteiger partial charge on any atom is -0.392 e. The normalized spacial score (nSPS) is 34.2. The molecule has 0 spiro atoms. The Labute approximate surface area is 80.3 Å². The van der Waals surface area contributed by atoms with Gasteiger partial charge in [0.05, 0.1) is 6.10 Å². The Bertz CT molecular complexity index is 166. The molecule has 0 amide bonds. The number of rotatable bonds is 1. The molecule has 0 aromatic carbocycles. The summed E-state index contributed by atoms with van der Waals surface area (Å²) in [5.74, 6) is 0. The van der Waals surface area contributed by atoms with E-state index in [0.29, 0.717) is 0 Å². The van der Waals surface area contributed by atoms with E-state index < -0.39 is 0 Å². The number of hydrogen-bond donors (Lipinski definition) is 1. The molecule has 0 saturated carbocycles. The van der Waals surface area contributed by atoms with Gasteiger partial charge in [-0.25, -0.2) is 0 Å². The van der Waals surface area contributed by atoms with Crippen LogP contribution in [0.1, 0.15) is 19.3 Å². The summed E-state index contributed by atoms with van der Waals surface area (Å²) in [6.45, 7) is 4.46. The molecule has 13 heavy (non-hydrogen) atoms. The number of hydrogen-bond acceptors (Lipinski definition) is 3. The average Bonchev–Trinajstić information content (AvgIpc) is 2.53. The summed E-state index contributed by atoms with van der Waals surface area (Å²) in [6.07, 6.45) is 3.48. The van der Waals surface area contributed by atoms with Crippen molar-refractivity contribution in [3.63, 3.8) is 0 Å². The van der Waals surface area contributed by atoms with Crippen LogP contribution in [0.15, 0.2) is 0 Å². The van der Waals surface area contributed by atoms with Crippen LogP contribution < -0.4 is 0 Å². The van der Waals surface area contributed by atoms with Gasteiger partial charge < -0.3 is 10.0 Å². The Hall–Kier alpha value is -0.120. The van der Waals surface area contributed by atoms with Gasteiger partial charge in [0.2, 0.25) is 0 Å². The molecule has 1 atom stereocenters. The van der Waals surface area contributed by atoms with Gasteiger partial charge in [-0.1, -0.05) is 0 Å². The van der Waals surface area contributed by atoms with E-state index in [-0.39, 0.29) is 6.10 Å². The van der Waals surface area contributed by atoms with Crippen molar-refractivity contribution < 1.29 is 5.11 Å². The Kier molecular flexibility index (Phi) is 2.86. The third kappa shape index (κ3) is 2.22. The van der Waals surface area contributed by atoms with E-state index in [1.54, 1.807) is 0 Å². The monoisotopic (exact) mass is 184 g/mol. The highest BCUT2D eigenvalue weighted by molar-refractivity contribution is 4.84. The first-order chi connectivity index (χ1) is 6.25. The summed E-state index contributed by atoms with van der Waals surface area (Å²) in [5.41, 5.74) is 0. The Morgan fingerprint density at radius 3 is 2.31 bits per heavy atom. The van der Waals surface area contributed by atoms with Crippen molar-refractivity contribution in [2.24, 2.45) is 0 Å². The van der Waals surface area contributed by atoms with Crippen LogP contribution >= 0.6 is 0 Å². The summed E-state index contributed by atoms with van der Waals surface area (Å²) < 4.78 is 0. The fraction of sp³-hybridized carbons (Fsp3) is 1.00. The number of piperidine rings is 1. The topological polar surface area (TPSA) is 26.7 Å². The predicted molar refractivity (Wildman–Crippen MR) is 52.7 cm³/mol. The number of aliphatic hydroxyl groups excluding tert-OH is 1. The van der Waals surface area contributed by atoms with E-state index in [4.69, 9.17) is 0 Å². The summed E-state index contributed by atoms with van der Waals surface area (Å²) in [5, 5.41) is 9.43. The quantitative estimate of drug-likeness (QED) is 0.628. The highest BCUT2D eigenvalue weighted by Gasteiger charge is 2.28. The van der Waals surface area contributed by atoms with Crippen molar-refractivity contribution >= 4 is 0 Å². The Balaban J connectivity index is 1.81. The average molecular weight is 184 g/mol. The summed E-state index contributed by atoms with van der Waals surface area (Å²) >= 11 is 0. The van der Waals surface area contributed by atoms with Crippen molar-refractivity contribution in [3.8, 4) is 0 Å². The van der Waals surface area contributed by atoms with Crippen LogP contribution in [-0.4, -0.2) is 60.3 Å². The predicted octanol–water partition coefficient (Wildman–Crippen LogP) is 0.147. The standard InChI is InChI=1S/C10H20N2O/c1-11-5-2-9(3-6-11)12-7-4-10(13)8-12/h9-10,13H,2-8H2,1H3/t10-/m1/s1. The molecule has 2 fully saturated rings. The molecule has 2 aliphatic heterocycles. The lowest BCUT2D eigenvalue weighted by Gasteiger charge is -2.34. The van der Waals surface area contributed by atoms with E-state index in [1.807, 2.05) is 0 Å². The first kappa shape index (κ1) is 9.44. The summed E-state index contributed by atoms with van der Waals surface area (Å²) in [4.78, 5) is 4.86. The van der Waals surface area contributed by atoms with Crippen LogP contribution in [0.25, 0.3) is 0 Å². The first-order valence-electron chi connectivity index (χ1n) is 5.36. The molecular weight excluding hydrogens is 164 g/mol. The molecule has 0 unspecified atom stereocenters. The second kappa shape index (κ2) is 3.95. The van der Waals surface area contributed by atoms with Crippen molar-refractivity contribution in [1.29, 1.82) is 0 Å². The zero-order chi connectivity index (χ0) is 9.26. The van der Waals surface area contributed by atoms with Gasteiger partial charge in [-0.3, -0.25) is 4.90 Å². The molecule has 0 radical (unpaired) electrons. The van der Waals surface area contributed by atoms with Crippen LogP contribution in [0.4, 0.5) is 0 Å². The van der Waals surface area contributed by atoms with Crippen LogP contribution in [0.5, 0.6) is 0 Å². The van der Waals surface area contributed by atoms with Crippen molar-refractivity contribution in [3.05, 3.63) is 0 Å². The number of β-amino-alcohol motifs (C(OH)–C–C–N with tert-alkyl or cyclic N) is 1. The molecule has 3 nitrogen and oxygen atoms in total. The lowest BCUT2D eigenvalue weighted by atomic mass is 10.0. The molecule has 0 aromatic rings. The third-order valence-corrected chi connectivity index (χ3v) is 3.40. The minimum absolute atomic E-state index is 0.0559. The number of nitrogens with zero attached hydrogens (tertiary/aromatic N) is 2. The molecule has 2 heterocycles. The van der Waals surface area contributed by atoms with Crippen molar-refractivity contribution in [2.45, 2.75) is 31.4 Å². The maximum Gasteiger partial charge on any atom is 0.0679 e. The molecule has 0 aliphatic carbocycles. The second-order valence-electron chi connectivity index (χ2n) is 4.47. The largest absolute Gasteiger partial charge is 0.392 e. The zero-order valence-corrected chi connectivity index (χ0v) is 8.45. The van der Waals surface area contributed by atoms with E-state index >= 15 is 0 Å². The Morgan fingerprint density at radius 1 is 1.08 bits per heavy atom. The molecule has 2 saturated heterocycles. The maximum absolute atomic E-state index is 9.43. The molecule has 0 bridgehead atoms. The lowest BCUT2D eigenvalue weighted by Crippen LogP contribution is -2.42. The molecule has 2 rings (SSSR count). The molecule has 1 N–H and O–H groups in total. The van der Waals surface area contributed by atoms with Gasteiger partial charge in [-0.05, 0) is 39.4 Å². The van der Waals surface area contributed by atoms with E-state index in [9.17, 15) is 5.11 Å². The van der Waals surface area contributed by atoms with E-state index in [2.05, 4.69) is 16.8 Å². The fourth-order valence-corrected chi connectivity index (χ4v) is 2.46. The van der Waals surface area contributed by atoms with Gasteiger partial charge in [0.1, 0.15) is 0 Å². The van der Waals surface area contributed by atoms with Gasteiger partial charge in [-0.15, -0.1) is 0 Å². The van der Waals surface area contributed by atoms with Gasteiger partial charge >= 0.3 is 0 Å². The van der Waals surface area contributed by atoms with Crippen molar-refractivity contribution in [2.75, 3.05) is 33.2 Å². The lowest BCUT2D eigenvalue weighted by molar-refractivity contribution is 0.119. The molecule has 76 valence electrons. The van der Waals surface area contributed by atoms with Crippen LogP contribution in [0.2, 0.25) is 0 Å². The number of likely N-dealkylation sites (tertiary alicyclic amines) is 2. The zero-order valence-electron chi connectivity index (χ0n) is 8.45. The smallest absolute Gasteiger partial charge is 0.0679 e. The summed E-state index contributed by atoms with van der Waals surface area (Å²) in [7, 11) is 2.19. The van der Waals surface area contributed by atoms with Gasteiger partial charge in [0.15, 0.2) is 0 Å². The van der Waals surface area contributed by atoms with Crippen molar-refractivity contribution in [1.82, 2.24) is 9.80 Å². The third-order valence-electron chi connectivity index (χ3n) is 3.40. The van der Waals surface area contributed by atoms with Gasteiger partial charge in [0.25, 0.3) is 0 Å². The summed E-state index contributed by atoms with van der Waals surface area (Å²) in [6, 6.07) is 0.744. The van der Waals surface area contributed by atoms with Gasteiger partial charge in [0, 0.05) is 19.1 Å². The molecule has 2 aliphatic rings. The van der Waals surface area contributed by atoms with E-state index in [0.717, 1.165) is 25.6 Å². The SMILES string of the molecule is CN1CCC(N2CC[C@@H](O)C2)CC1. The number of aliphatic hydroxyl groups is 1. The van der Waals surface area contributed by atoms with Crippen LogP contribution in [0, 0.1) is 0 Å².